The molecule has 94 valence electrons. The van der Waals surface area contributed by atoms with Gasteiger partial charge in [0.2, 0.25) is 0 Å². The first-order valence-electron chi connectivity index (χ1n) is 5.37. The molecule has 0 aliphatic heterocycles. The molecule has 0 saturated heterocycles. The third-order valence-electron chi connectivity index (χ3n) is 3.13. The number of nitrogens with zero attached hydrogens (tertiary/aromatic N) is 1. The maximum atomic E-state index is 11.9. The van der Waals surface area contributed by atoms with Crippen molar-refractivity contribution in [1.29, 1.82) is 0 Å². The van der Waals surface area contributed by atoms with Gasteiger partial charge in [-0.1, -0.05) is 12.1 Å². The van der Waals surface area contributed by atoms with Gasteiger partial charge in [0.15, 0.2) is 0 Å². The Balaban J connectivity index is 3.18. The van der Waals surface area contributed by atoms with Crippen molar-refractivity contribution in [1.82, 2.24) is 4.90 Å². The zero-order chi connectivity index (χ0) is 13.1. The molecular formula is C13H19NO3. The summed E-state index contributed by atoms with van der Waals surface area (Å²) in [5.74, 6) is 0.479. The molecule has 0 aliphatic carbocycles. The number of ether oxygens (including phenoxy) is 2. The highest BCUT2D eigenvalue weighted by molar-refractivity contribution is 5.82. The number of hydrogen-bond acceptors (Lipinski definition) is 4. The van der Waals surface area contributed by atoms with E-state index in [1.54, 1.807) is 7.11 Å². The van der Waals surface area contributed by atoms with Crippen molar-refractivity contribution in [3.05, 3.63) is 29.8 Å². The summed E-state index contributed by atoms with van der Waals surface area (Å²) in [5.41, 5.74) is 0.0799. The van der Waals surface area contributed by atoms with Crippen LogP contribution in [0.4, 0.5) is 0 Å². The van der Waals surface area contributed by atoms with Gasteiger partial charge in [-0.25, -0.2) is 4.79 Å². The molecule has 0 amide bonds. The Bertz CT molecular complexity index is 386. The average Bonchev–Trinajstić information content (AvgIpc) is 2.36. The number of methoxy groups -OCH3 is 2. The number of esters is 1. The first kappa shape index (κ1) is 13.5. The highest BCUT2D eigenvalue weighted by Gasteiger charge is 2.38. The Kier molecular flexibility index (Phi) is 4.12. The summed E-state index contributed by atoms with van der Waals surface area (Å²) < 4.78 is 9.98. The van der Waals surface area contributed by atoms with Crippen LogP contribution in [0.5, 0.6) is 5.75 Å². The van der Waals surface area contributed by atoms with E-state index in [4.69, 9.17) is 9.47 Å². The third-order valence-corrected chi connectivity index (χ3v) is 3.13. The second-order valence-electron chi connectivity index (χ2n) is 4.19. The lowest BCUT2D eigenvalue weighted by Gasteiger charge is -2.33. The van der Waals surface area contributed by atoms with Gasteiger partial charge in [0.25, 0.3) is 0 Å². The van der Waals surface area contributed by atoms with Crippen molar-refractivity contribution in [2.24, 2.45) is 0 Å². The van der Waals surface area contributed by atoms with Crippen LogP contribution < -0.4 is 4.74 Å². The summed E-state index contributed by atoms with van der Waals surface area (Å²) in [4.78, 5) is 13.8. The van der Waals surface area contributed by atoms with Crippen LogP contribution in [0, 0.1) is 0 Å². The van der Waals surface area contributed by atoms with Crippen molar-refractivity contribution < 1.29 is 14.3 Å². The van der Waals surface area contributed by atoms with E-state index >= 15 is 0 Å². The predicted octanol–water partition coefficient (Wildman–Crippen LogP) is 1.64. The Morgan fingerprint density at radius 3 is 2.06 bits per heavy atom. The fourth-order valence-electron chi connectivity index (χ4n) is 1.67. The molecule has 1 rings (SSSR count). The topological polar surface area (TPSA) is 38.8 Å². The highest BCUT2D eigenvalue weighted by Crippen LogP contribution is 2.28. The second-order valence-corrected chi connectivity index (χ2v) is 4.19. The molecule has 0 bridgehead atoms. The molecule has 0 heterocycles. The van der Waals surface area contributed by atoms with E-state index in [1.807, 2.05) is 50.2 Å². The number of carbonyl (C=O) groups excluding carboxylic acids is 1. The standard InChI is InChI=1S/C13H19NO3/c1-13(14(2)3,12(15)17-5)10-6-8-11(16-4)9-7-10/h6-9H,1-5H3. The minimum absolute atomic E-state index is 0.285. The number of hydrogen-bond donors (Lipinski definition) is 0. The van der Waals surface area contributed by atoms with E-state index < -0.39 is 5.54 Å². The van der Waals surface area contributed by atoms with Crippen LogP contribution in [-0.4, -0.2) is 39.2 Å². The Labute approximate surface area is 102 Å². The zero-order valence-corrected chi connectivity index (χ0v) is 11.0. The molecule has 1 unspecified atom stereocenters. The molecule has 0 N–H and O–H groups in total. The van der Waals surface area contributed by atoms with E-state index in [-0.39, 0.29) is 5.97 Å². The average molecular weight is 237 g/mol. The molecule has 4 heteroatoms. The van der Waals surface area contributed by atoms with Crippen molar-refractivity contribution in [2.45, 2.75) is 12.5 Å². The Morgan fingerprint density at radius 1 is 1.18 bits per heavy atom. The summed E-state index contributed by atoms with van der Waals surface area (Å²) in [7, 11) is 6.70. The number of carbonyl (C=O) groups is 1. The highest BCUT2D eigenvalue weighted by atomic mass is 16.5. The quantitative estimate of drug-likeness (QED) is 0.746. The lowest BCUT2D eigenvalue weighted by molar-refractivity contribution is -0.153. The molecule has 0 aromatic heterocycles. The number of benzene rings is 1. The molecule has 0 fully saturated rings. The number of likely N-dealkylation sites (N-methyl/N-ethyl adjacent to an activating group) is 1. The van der Waals surface area contributed by atoms with Gasteiger partial charge in [-0.15, -0.1) is 0 Å². The Hall–Kier alpha value is -1.55. The lowest BCUT2D eigenvalue weighted by Crippen LogP contribution is -2.46. The van der Waals surface area contributed by atoms with Gasteiger partial charge >= 0.3 is 5.97 Å². The minimum Gasteiger partial charge on any atom is -0.497 e. The first-order valence-corrected chi connectivity index (χ1v) is 5.37. The summed E-state index contributed by atoms with van der Waals surface area (Å²) in [6.07, 6.45) is 0. The minimum atomic E-state index is -0.791. The molecule has 0 aliphatic rings. The molecule has 4 nitrogen and oxygen atoms in total. The van der Waals surface area contributed by atoms with Crippen molar-refractivity contribution in [3.63, 3.8) is 0 Å². The van der Waals surface area contributed by atoms with Gasteiger partial charge in [0.05, 0.1) is 14.2 Å². The Morgan fingerprint density at radius 2 is 1.71 bits per heavy atom. The normalized spacial score (nSPS) is 14.2. The predicted molar refractivity (Wildman–Crippen MR) is 66.0 cm³/mol. The van der Waals surface area contributed by atoms with Gasteiger partial charge in [0, 0.05) is 0 Å². The molecule has 0 saturated carbocycles. The van der Waals surface area contributed by atoms with E-state index in [2.05, 4.69) is 0 Å². The van der Waals surface area contributed by atoms with Gasteiger partial charge in [-0.2, -0.15) is 0 Å². The zero-order valence-electron chi connectivity index (χ0n) is 11.0. The lowest BCUT2D eigenvalue weighted by atomic mass is 9.91. The summed E-state index contributed by atoms with van der Waals surface area (Å²) in [6.45, 7) is 1.83. The maximum absolute atomic E-state index is 11.9. The monoisotopic (exact) mass is 237 g/mol. The van der Waals surface area contributed by atoms with Gasteiger partial charge in [0.1, 0.15) is 11.3 Å². The van der Waals surface area contributed by atoms with Crippen LogP contribution in [0.3, 0.4) is 0 Å². The maximum Gasteiger partial charge on any atom is 0.330 e. The fraction of sp³-hybridized carbons (Fsp3) is 0.462. The summed E-state index contributed by atoms with van der Waals surface area (Å²) >= 11 is 0. The van der Waals surface area contributed by atoms with Crippen LogP contribution in [0.2, 0.25) is 0 Å². The summed E-state index contributed by atoms with van der Waals surface area (Å²) in [6, 6.07) is 7.41. The van der Waals surface area contributed by atoms with E-state index in [9.17, 15) is 4.79 Å². The number of rotatable bonds is 4. The van der Waals surface area contributed by atoms with Crippen molar-refractivity contribution in [3.8, 4) is 5.75 Å². The SMILES string of the molecule is COC(=O)C(C)(c1ccc(OC)cc1)N(C)C. The van der Waals surface area contributed by atoms with Crippen LogP contribution in [-0.2, 0) is 15.1 Å². The van der Waals surface area contributed by atoms with Crippen LogP contribution in [0.1, 0.15) is 12.5 Å². The van der Waals surface area contributed by atoms with Crippen LogP contribution >= 0.6 is 0 Å². The summed E-state index contributed by atoms with van der Waals surface area (Å²) in [5, 5.41) is 0. The fourth-order valence-corrected chi connectivity index (χ4v) is 1.67. The molecule has 17 heavy (non-hydrogen) atoms. The third kappa shape index (κ3) is 2.42. The largest absolute Gasteiger partial charge is 0.497 e. The molecule has 1 atom stereocenters. The van der Waals surface area contributed by atoms with Crippen LogP contribution in [0.25, 0.3) is 0 Å². The van der Waals surface area contributed by atoms with E-state index in [0.29, 0.717) is 0 Å². The van der Waals surface area contributed by atoms with Gasteiger partial charge in [-0.3, -0.25) is 4.90 Å². The molecule has 1 aromatic carbocycles. The molecule has 1 aromatic rings. The molecule has 0 spiro atoms. The van der Waals surface area contributed by atoms with Gasteiger partial charge in [-0.05, 0) is 38.7 Å². The smallest absolute Gasteiger partial charge is 0.330 e. The molecule has 0 radical (unpaired) electrons. The van der Waals surface area contributed by atoms with Crippen LogP contribution in [0.15, 0.2) is 24.3 Å². The molecular weight excluding hydrogens is 218 g/mol. The first-order chi connectivity index (χ1) is 7.96. The van der Waals surface area contributed by atoms with Crippen molar-refractivity contribution in [2.75, 3.05) is 28.3 Å². The van der Waals surface area contributed by atoms with Crippen molar-refractivity contribution >= 4 is 5.97 Å². The van der Waals surface area contributed by atoms with Gasteiger partial charge < -0.3 is 9.47 Å². The second kappa shape index (κ2) is 5.19. The van der Waals surface area contributed by atoms with E-state index in [1.165, 1.54) is 7.11 Å². The van der Waals surface area contributed by atoms with E-state index in [0.717, 1.165) is 11.3 Å².